The highest BCUT2D eigenvalue weighted by atomic mass is 127. The van der Waals surface area contributed by atoms with Gasteiger partial charge in [0.25, 0.3) is 11.8 Å². The Hall–Kier alpha value is -1.50. The zero-order valence-corrected chi connectivity index (χ0v) is 14.5. The van der Waals surface area contributed by atoms with Gasteiger partial charge in [0, 0.05) is 9.13 Å². The van der Waals surface area contributed by atoms with Gasteiger partial charge >= 0.3 is 0 Å². The summed E-state index contributed by atoms with van der Waals surface area (Å²) in [7, 11) is 0. The van der Waals surface area contributed by atoms with Gasteiger partial charge in [0.05, 0.1) is 18.1 Å². The highest BCUT2D eigenvalue weighted by Crippen LogP contribution is 2.73. The maximum absolute atomic E-state index is 12.8. The number of allylic oxidation sites excluding steroid dienone is 2. The number of rotatable bonds is 2. The van der Waals surface area contributed by atoms with Crippen molar-refractivity contribution in [2.45, 2.75) is 12.8 Å². The molecule has 5 heteroatoms. The van der Waals surface area contributed by atoms with Crippen molar-refractivity contribution in [2.24, 2.45) is 34.2 Å². The van der Waals surface area contributed by atoms with Crippen molar-refractivity contribution in [3.05, 3.63) is 45.6 Å². The molecule has 3 aliphatic carbocycles. The number of carbonyl (C=O) groups excluding carboxylic acids is 2. The predicted molar refractivity (Wildman–Crippen MR) is 93.4 cm³/mol. The Morgan fingerprint density at radius 3 is 2.26 bits per heavy atom. The van der Waals surface area contributed by atoms with E-state index in [9.17, 15) is 9.59 Å². The average Bonchev–Trinajstić information content (AvgIpc) is 3.15. The third-order valence-corrected chi connectivity index (χ3v) is 7.03. The monoisotopic (exact) mass is 418 g/mol. The Labute approximate surface area is 147 Å². The third kappa shape index (κ3) is 1.69. The Morgan fingerprint density at radius 1 is 1.09 bits per heavy atom. The average molecular weight is 418 g/mol. The van der Waals surface area contributed by atoms with Crippen LogP contribution >= 0.6 is 22.6 Å². The molecule has 1 aromatic rings. The van der Waals surface area contributed by atoms with Gasteiger partial charge in [-0.05, 0) is 58.7 Å². The molecule has 2 saturated carbocycles. The van der Waals surface area contributed by atoms with Gasteiger partial charge in [0.2, 0.25) is 0 Å². The minimum absolute atomic E-state index is 0.106. The molecule has 1 heterocycles. The second kappa shape index (κ2) is 4.53. The van der Waals surface area contributed by atoms with E-state index in [1.54, 1.807) is 6.21 Å². The lowest BCUT2D eigenvalue weighted by atomic mass is 9.85. The molecule has 5 rings (SSSR count). The van der Waals surface area contributed by atoms with Gasteiger partial charge < -0.3 is 0 Å². The summed E-state index contributed by atoms with van der Waals surface area (Å²) in [5.74, 6) is -0.0494. The minimum Gasteiger partial charge on any atom is -0.272 e. The fourth-order valence-electron chi connectivity index (χ4n) is 4.88. The molecule has 1 saturated heterocycles. The number of fused-ring (bicyclic) bond motifs is 3. The van der Waals surface area contributed by atoms with Gasteiger partial charge in [0.1, 0.15) is 0 Å². The van der Waals surface area contributed by atoms with Crippen molar-refractivity contribution in [1.82, 2.24) is 5.01 Å². The highest BCUT2D eigenvalue weighted by Gasteiger charge is 2.73. The molecule has 4 aliphatic rings. The fraction of sp³-hybridized carbons (Fsp3) is 0.389. The van der Waals surface area contributed by atoms with Crippen LogP contribution in [0.25, 0.3) is 0 Å². The van der Waals surface area contributed by atoms with E-state index in [0.717, 1.165) is 27.0 Å². The molecule has 1 aliphatic heterocycles. The summed E-state index contributed by atoms with van der Waals surface area (Å²) in [6.07, 6.45) is 8.30. The maximum Gasteiger partial charge on any atom is 0.254 e. The SMILES string of the molecule is O=C1[C@@H]2[C@H](C(=O)N1/N=C\c1ccccc1I)[C@H]1C=C[C@H]2C12CC2. The standard InChI is InChI=1S/C18H15IN2O2/c19-13-4-2-1-3-10(13)9-20-21-16(22)14-11-5-6-12(15(14)17(21)23)18(11)7-8-18/h1-6,9,11-12,14-15H,7-8H2/b20-9-/t11-,12-,14-,15+/m1/s1. The van der Waals surface area contributed by atoms with Crippen LogP contribution in [-0.4, -0.2) is 23.0 Å². The van der Waals surface area contributed by atoms with Gasteiger partial charge in [0.15, 0.2) is 0 Å². The first kappa shape index (κ1) is 13.9. The van der Waals surface area contributed by atoms with Crippen LogP contribution in [0.4, 0.5) is 0 Å². The zero-order chi connectivity index (χ0) is 15.8. The molecular formula is C18H15IN2O2. The van der Waals surface area contributed by atoms with Crippen molar-refractivity contribution in [3.8, 4) is 0 Å². The summed E-state index contributed by atoms with van der Waals surface area (Å²) in [5, 5.41) is 5.37. The number of benzene rings is 1. The summed E-state index contributed by atoms with van der Waals surface area (Å²) in [6, 6.07) is 7.79. The van der Waals surface area contributed by atoms with E-state index in [4.69, 9.17) is 0 Å². The van der Waals surface area contributed by atoms with Crippen LogP contribution in [0.3, 0.4) is 0 Å². The van der Waals surface area contributed by atoms with Gasteiger partial charge in [-0.2, -0.15) is 10.1 Å². The summed E-state index contributed by atoms with van der Waals surface area (Å²) < 4.78 is 1.05. The van der Waals surface area contributed by atoms with E-state index < -0.39 is 0 Å². The van der Waals surface area contributed by atoms with E-state index >= 15 is 0 Å². The van der Waals surface area contributed by atoms with E-state index in [0.29, 0.717) is 0 Å². The predicted octanol–water partition coefficient (Wildman–Crippen LogP) is 2.82. The minimum atomic E-state index is -0.174. The van der Waals surface area contributed by atoms with E-state index in [2.05, 4.69) is 39.8 Å². The Bertz CT molecular complexity index is 762. The highest BCUT2D eigenvalue weighted by molar-refractivity contribution is 14.1. The van der Waals surface area contributed by atoms with Crippen LogP contribution in [0, 0.1) is 32.7 Å². The normalized spacial score (nSPS) is 35.8. The number of amides is 2. The maximum atomic E-state index is 12.8. The van der Waals surface area contributed by atoms with Crippen LogP contribution in [-0.2, 0) is 9.59 Å². The first-order valence-electron chi connectivity index (χ1n) is 7.98. The van der Waals surface area contributed by atoms with Gasteiger partial charge in [-0.25, -0.2) is 0 Å². The molecular weight excluding hydrogens is 403 g/mol. The van der Waals surface area contributed by atoms with Crippen LogP contribution in [0.5, 0.6) is 0 Å². The number of hydrogen-bond donors (Lipinski definition) is 0. The van der Waals surface area contributed by atoms with Crippen LogP contribution in [0.2, 0.25) is 0 Å². The second-order valence-corrected chi connectivity index (χ2v) is 8.14. The molecule has 1 spiro atoms. The lowest BCUT2D eigenvalue weighted by Gasteiger charge is -2.18. The summed E-state index contributed by atoms with van der Waals surface area (Å²) in [5.41, 5.74) is 1.16. The molecule has 23 heavy (non-hydrogen) atoms. The first-order chi connectivity index (χ1) is 11.1. The Morgan fingerprint density at radius 2 is 1.70 bits per heavy atom. The smallest absolute Gasteiger partial charge is 0.254 e. The van der Waals surface area contributed by atoms with Crippen molar-refractivity contribution >= 4 is 40.6 Å². The summed E-state index contributed by atoms with van der Waals surface area (Å²) in [6.45, 7) is 0. The fourth-order valence-corrected chi connectivity index (χ4v) is 5.40. The second-order valence-electron chi connectivity index (χ2n) is 6.98. The molecule has 3 fully saturated rings. The molecule has 4 atom stereocenters. The third-order valence-electron chi connectivity index (χ3n) is 6.05. The first-order valence-corrected chi connectivity index (χ1v) is 9.06. The number of hydrazone groups is 1. The van der Waals surface area contributed by atoms with Crippen molar-refractivity contribution in [2.75, 3.05) is 0 Å². The quantitative estimate of drug-likeness (QED) is 0.321. The molecule has 116 valence electrons. The van der Waals surface area contributed by atoms with Crippen molar-refractivity contribution in [3.63, 3.8) is 0 Å². The van der Waals surface area contributed by atoms with Crippen LogP contribution < -0.4 is 0 Å². The van der Waals surface area contributed by atoms with E-state index in [-0.39, 0.29) is 40.9 Å². The number of halogens is 1. The van der Waals surface area contributed by atoms with Crippen LogP contribution in [0.1, 0.15) is 18.4 Å². The van der Waals surface area contributed by atoms with E-state index in [1.165, 1.54) is 0 Å². The molecule has 0 radical (unpaired) electrons. The van der Waals surface area contributed by atoms with Crippen LogP contribution in [0.15, 0.2) is 41.5 Å². The lowest BCUT2D eigenvalue weighted by Crippen LogP contribution is -2.30. The zero-order valence-electron chi connectivity index (χ0n) is 12.4. The summed E-state index contributed by atoms with van der Waals surface area (Å²) >= 11 is 2.22. The van der Waals surface area contributed by atoms with Gasteiger partial charge in [-0.1, -0.05) is 30.4 Å². The Balaban J connectivity index is 1.46. The molecule has 2 amide bonds. The molecule has 2 bridgehead atoms. The summed E-state index contributed by atoms with van der Waals surface area (Å²) in [4.78, 5) is 25.5. The molecule has 0 aromatic heterocycles. The van der Waals surface area contributed by atoms with Gasteiger partial charge in [-0.15, -0.1) is 0 Å². The number of imide groups is 1. The molecule has 0 unspecified atom stereocenters. The van der Waals surface area contributed by atoms with Crippen molar-refractivity contribution in [1.29, 1.82) is 0 Å². The lowest BCUT2D eigenvalue weighted by molar-refractivity contribution is -0.141. The number of hydrogen-bond acceptors (Lipinski definition) is 3. The topological polar surface area (TPSA) is 49.7 Å². The van der Waals surface area contributed by atoms with Crippen molar-refractivity contribution < 1.29 is 9.59 Å². The Kier molecular flexibility index (Phi) is 2.73. The molecule has 4 nitrogen and oxygen atoms in total. The number of nitrogens with zero attached hydrogens (tertiary/aromatic N) is 2. The van der Waals surface area contributed by atoms with E-state index in [1.807, 2.05) is 24.3 Å². The molecule has 0 N–H and O–H groups in total. The number of carbonyl (C=O) groups is 2. The van der Waals surface area contributed by atoms with Gasteiger partial charge in [-0.3, -0.25) is 9.59 Å². The largest absolute Gasteiger partial charge is 0.272 e. The molecule has 1 aromatic carbocycles.